The minimum atomic E-state index is 0.773. The second kappa shape index (κ2) is 3.53. The van der Waals surface area contributed by atoms with Gasteiger partial charge in [0.1, 0.15) is 5.01 Å². The molecule has 5 nitrogen and oxygen atoms in total. The van der Waals surface area contributed by atoms with E-state index in [2.05, 4.69) is 15.3 Å². The summed E-state index contributed by atoms with van der Waals surface area (Å²) in [6.45, 7) is 3.87. The van der Waals surface area contributed by atoms with E-state index in [4.69, 9.17) is 5.73 Å². The summed E-state index contributed by atoms with van der Waals surface area (Å²) in [6, 6.07) is 5.95. The molecule has 0 bridgehead atoms. The topological polar surface area (TPSA) is 69.1 Å². The standard InChI is InChI=1S/C11H11N5S/c1-6-4-3-5-8(9(6)12)10-15-16-7(2)13-14-11(16)17-10/h3-5H,12H2,1-2H3. The summed E-state index contributed by atoms with van der Waals surface area (Å²) in [5.41, 5.74) is 8.86. The number of hydrogen-bond acceptors (Lipinski definition) is 5. The highest BCUT2D eigenvalue weighted by atomic mass is 32.1. The molecule has 2 aromatic heterocycles. The molecule has 0 aliphatic heterocycles. The van der Waals surface area contributed by atoms with Crippen LogP contribution in [0.5, 0.6) is 0 Å². The van der Waals surface area contributed by atoms with Gasteiger partial charge in [0.25, 0.3) is 0 Å². The average Bonchev–Trinajstić information content (AvgIpc) is 2.85. The number of nitrogens with zero attached hydrogens (tertiary/aromatic N) is 4. The lowest BCUT2D eigenvalue weighted by Crippen LogP contribution is -1.94. The predicted octanol–water partition coefficient (Wildman–Crippen LogP) is 2.05. The summed E-state index contributed by atoms with van der Waals surface area (Å²) in [6.07, 6.45) is 0. The van der Waals surface area contributed by atoms with E-state index >= 15 is 0 Å². The highest BCUT2D eigenvalue weighted by Gasteiger charge is 2.12. The zero-order valence-corrected chi connectivity index (χ0v) is 10.3. The van der Waals surface area contributed by atoms with Gasteiger partial charge in [0.2, 0.25) is 4.96 Å². The Morgan fingerprint density at radius 1 is 1.24 bits per heavy atom. The molecular formula is C11H11N5S. The maximum atomic E-state index is 6.06. The SMILES string of the molecule is Cc1cccc(-c2nn3c(C)nnc3s2)c1N. The van der Waals surface area contributed by atoms with Crippen LogP contribution in [0.1, 0.15) is 11.4 Å². The molecule has 0 atom stereocenters. The summed E-state index contributed by atoms with van der Waals surface area (Å²) in [5.74, 6) is 0.786. The van der Waals surface area contributed by atoms with Gasteiger partial charge in [-0.25, -0.2) is 0 Å². The predicted molar refractivity (Wildman–Crippen MR) is 68.0 cm³/mol. The number of nitrogen functional groups attached to an aromatic ring is 1. The smallest absolute Gasteiger partial charge is 0.234 e. The third-order valence-electron chi connectivity index (χ3n) is 2.70. The highest BCUT2D eigenvalue weighted by Crippen LogP contribution is 2.31. The zero-order valence-electron chi connectivity index (χ0n) is 9.51. The summed E-state index contributed by atoms with van der Waals surface area (Å²) in [5, 5.41) is 13.4. The van der Waals surface area contributed by atoms with Crippen LogP contribution in [0.4, 0.5) is 5.69 Å². The number of aromatic nitrogens is 4. The van der Waals surface area contributed by atoms with E-state index in [0.29, 0.717) is 0 Å². The molecule has 0 saturated heterocycles. The molecule has 0 saturated carbocycles. The number of fused-ring (bicyclic) bond motifs is 1. The lowest BCUT2D eigenvalue weighted by atomic mass is 10.1. The van der Waals surface area contributed by atoms with E-state index < -0.39 is 0 Å². The Labute approximate surface area is 102 Å². The van der Waals surface area contributed by atoms with Crippen molar-refractivity contribution in [3.8, 4) is 10.6 Å². The van der Waals surface area contributed by atoms with Crippen LogP contribution in [0, 0.1) is 13.8 Å². The van der Waals surface area contributed by atoms with Crippen molar-refractivity contribution in [1.29, 1.82) is 0 Å². The van der Waals surface area contributed by atoms with Crippen LogP contribution in [-0.4, -0.2) is 19.8 Å². The van der Waals surface area contributed by atoms with Crippen LogP contribution in [-0.2, 0) is 0 Å². The first-order valence-corrected chi connectivity index (χ1v) is 6.03. The first kappa shape index (κ1) is 10.2. The van der Waals surface area contributed by atoms with Crippen molar-refractivity contribution in [1.82, 2.24) is 19.8 Å². The van der Waals surface area contributed by atoms with E-state index in [-0.39, 0.29) is 0 Å². The zero-order chi connectivity index (χ0) is 12.0. The fourth-order valence-electron chi connectivity index (χ4n) is 1.69. The molecule has 0 unspecified atom stereocenters. The van der Waals surface area contributed by atoms with E-state index in [0.717, 1.165) is 32.6 Å². The third-order valence-corrected chi connectivity index (χ3v) is 3.63. The number of benzene rings is 1. The molecule has 0 fully saturated rings. The van der Waals surface area contributed by atoms with Crippen molar-refractivity contribution >= 4 is 22.0 Å². The summed E-state index contributed by atoms with van der Waals surface area (Å²) < 4.78 is 1.74. The molecule has 2 heterocycles. The Kier molecular flexibility index (Phi) is 2.12. The molecule has 0 radical (unpaired) electrons. The number of aryl methyl sites for hydroxylation is 2. The molecule has 0 amide bonds. The molecule has 6 heteroatoms. The minimum absolute atomic E-state index is 0.773. The number of para-hydroxylation sites is 1. The maximum Gasteiger partial charge on any atom is 0.234 e. The number of anilines is 1. The summed E-state index contributed by atoms with van der Waals surface area (Å²) in [7, 11) is 0. The van der Waals surface area contributed by atoms with Gasteiger partial charge in [0.15, 0.2) is 5.82 Å². The van der Waals surface area contributed by atoms with Crippen LogP contribution < -0.4 is 5.73 Å². The van der Waals surface area contributed by atoms with Crippen LogP contribution >= 0.6 is 11.3 Å². The Bertz CT molecular complexity index is 697. The van der Waals surface area contributed by atoms with Crippen LogP contribution in [0.3, 0.4) is 0 Å². The third kappa shape index (κ3) is 1.49. The van der Waals surface area contributed by atoms with Crippen LogP contribution in [0.25, 0.3) is 15.5 Å². The molecule has 3 aromatic rings. The Morgan fingerprint density at radius 3 is 2.82 bits per heavy atom. The van der Waals surface area contributed by atoms with Gasteiger partial charge in [0, 0.05) is 11.3 Å². The van der Waals surface area contributed by atoms with Gasteiger partial charge in [-0.1, -0.05) is 23.5 Å². The van der Waals surface area contributed by atoms with Gasteiger partial charge in [0.05, 0.1) is 0 Å². The quantitative estimate of drug-likeness (QED) is 0.666. The monoisotopic (exact) mass is 245 g/mol. The second-order valence-electron chi connectivity index (χ2n) is 3.88. The van der Waals surface area contributed by atoms with E-state index in [9.17, 15) is 0 Å². The Morgan fingerprint density at radius 2 is 2.06 bits per heavy atom. The number of rotatable bonds is 1. The first-order valence-electron chi connectivity index (χ1n) is 5.21. The van der Waals surface area contributed by atoms with Gasteiger partial charge in [-0.15, -0.1) is 10.2 Å². The lowest BCUT2D eigenvalue weighted by molar-refractivity contribution is 0.898. The highest BCUT2D eigenvalue weighted by molar-refractivity contribution is 7.19. The minimum Gasteiger partial charge on any atom is -0.398 e. The molecule has 17 heavy (non-hydrogen) atoms. The van der Waals surface area contributed by atoms with Crippen molar-refractivity contribution < 1.29 is 0 Å². The fourth-order valence-corrected chi connectivity index (χ4v) is 2.62. The maximum absolute atomic E-state index is 6.06. The lowest BCUT2D eigenvalue weighted by Gasteiger charge is -2.04. The molecule has 86 valence electrons. The number of hydrogen-bond donors (Lipinski definition) is 1. The fraction of sp³-hybridized carbons (Fsp3) is 0.182. The largest absolute Gasteiger partial charge is 0.398 e. The van der Waals surface area contributed by atoms with Crippen molar-refractivity contribution in [2.24, 2.45) is 0 Å². The second-order valence-corrected chi connectivity index (χ2v) is 4.84. The molecule has 0 spiro atoms. The summed E-state index contributed by atoms with van der Waals surface area (Å²) in [4.78, 5) is 0.790. The average molecular weight is 245 g/mol. The van der Waals surface area contributed by atoms with Gasteiger partial charge >= 0.3 is 0 Å². The molecule has 2 N–H and O–H groups in total. The normalized spacial score (nSPS) is 11.2. The first-order chi connectivity index (χ1) is 8.16. The van der Waals surface area contributed by atoms with Gasteiger partial charge in [-0.05, 0) is 25.5 Å². The Hall–Kier alpha value is -1.95. The Balaban J connectivity index is 2.23. The van der Waals surface area contributed by atoms with Gasteiger partial charge in [-0.3, -0.25) is 0 Å². The molecular weight excluding hydrogens is 234 g/mol. The van der Waals surface area contributed by atoms with Crippen molar-refractivity contribution in [2.75, 3.05) is 5.73 Å². The molecule has 0 aliphatic rings. The van der Waals surface area contributed by atoms with E-state index in [1.165, 1.54) is 11.3 Å². The van der Waals surface area contributed by atoms with E-state index in [1.807, 2.05) is 32.0 Å². The molecule has 3 rings (SSSR count). The van der Waals surface area contributed by atoms with Crippen molar-refractivity contribution in [2.45, 2.75) is 13.8 Å². The van der Waals surface area contributed by atoms with Crippen LogP contribution in [0.15, 0.2) is 18.2 Å². The van der Waals surface area contributed by atoms with E-state index in [1.54, 1.807) is 4.52 Å². The van der Waals surface area contributed by atoms with Gasteiger partial charge in [-0.2, -0.15) is 9.61 Å². The van der Waals surface area contributed by atoms with Crippen molar-refractivity contribution in [3.05, 3.63) is 29.6 Å². The van der Waals surface area contributed by atoms with Crippen molar-refractivity contribution in [3.63, 3.8) is 0 Å². The molecule has 1 aromatic carbocycles. The molecule has 0 aliphatic carbocycles. The van der Waals surface area contributed by atoms with Gasteiger partial charge < -0.3 is 5.73 Å². The van der Waals surface area contributed by atoms with Crippen LogP contribution in [0.2, 0.25) is 0 Å². The summed E-state index contributed by atoms with van der Waals surface area (Å²) >= 11 is 1.49. The number of nitrogens with two attached hydrogens (primary N) is 1.